The van der Waals surface area contributed by atoms with Gasteiger partial charge in [0.25, 0.3) is 0 Å². The van der Waals surface area contributed by atoms with Crippen LogP contribution in [-0.4, -0.2) is 28.5 Å². The highest BCUT2D eigenvalue weighted by atomic mass is 32.2. The van der Waals surface area contributed by atoms with E-state index in [-0.39, 0.29) is 29.4 Å². The van der Waals surface area contributed by atoms with E-state index in [1.54, 1.807) is 13.0 Å². The van der Waals surface area contributed by atoms with E-state index in [1.165, 1.54) is 11.8 Å². The number of aromatic nitrogens is 1. The SMILES string of the molecule is Cc1cc(NC(=O)CSCC(=O)NC(C)c2cccc3ccccc23)no1. The third-order valence-electron chi connectivity index (χ3n) is 4.03. The summed E-state index contributed by atoms with van der Waals surface area (Å²) in [4.78, 5) is 24.1. The second-order valence-electron chi connectivity index (χ2n) is 6.22. The summed E-state index contributed by atoms with van der Waals surface area (Å²) < 4.78 is 4.89. The van der Waals surface area contributed by atoms with Crippen LogP contribution in [0.3, 0.4) is 0 Å². The minimum atomic E-state index is -0.219. The third-order valence-corrected chi connectivity index (χ3v) is 4.96. The standard InChI is InChI=1S/C20H21N3O3S/c1-13-10-18(23-26-13)22-20(25)12-27-11-19(24)21-14(2)16-9-5-7-15-6-3-4-8-17(15)16/h3-10,14H,11-12H2,1-2H3,(H,21,24)(H,22,23,25). The van der Waals surface area contributed by atoms with Crippen molar-refractivity contribution in [3.05, 3.63) is 59.9 Å². The van der Waals surface area contributed by atoms with E-state index in [1.807, 2.05) is 31.2 Å². The number of hydrogen-bond acceptors (Lipinski definition) is 5. The lowest BCUT2D eigenvalue weighted by atomic mass is 10.00. The first-order valence-electron chi connectivity index (χ1n) is 8.61. The number of hydrogen-bond donors (Lipinski definition) is 2. The molecule has 1 atom stereocenters. The molecule has 2 aromatic carbocycles. The van der Waals surface area contributed by atoms with Crippen LogP contribution in [-0.2, 0) is 9.59 Å². The van der Waals surface area contributed by atoms with Gasteiger partial charge in [-0.25, -0.2) is 0 Å². The van der Waals surface area contributed by atoms with Crippen LogP contribution in [0.15, 0.2) is 53.1 Å². The fraction of sp³-hybridized carbons (Fsp3) is 0.250. The van der Waals surface area contributed by atoms with Gasteiger partial charge in [0.15, 0.2) is 5.82 Å². The lowest BCUT2D eigenvalue weighted by molar-refractivity contribution is -0.119. The molecule has 2 amide bonds. The molecule has 7 heteroatoms. The number of rotatable bonds is 7. The maximum Gasteiger partial charge on any atom is 0.235 e. The van der Waals surface area contributed by atoms with Gasteiger partial charge in [0.1, 0.15) is 5.76 Å². The molecule has 0 fully saturated rings. The summed E-state index contributed by atoms with van der Waals surface area (Å²) >= 11 is 1.25. The summed E-state index contributed by atoms with van der Waals surface area (Å²) in [6.45, 7) is 3.71. The summed E-state index contributed by atoms with van der Waals surface area (Å²) in [5.74, 6) is 1.06. The Balaban J connectivity index is 1.48. The highest BCUT2D eigenvalue weighted by Gasteiger charge is 2.13. The van der Waals surface area contributed by atoms with Gasteiger partial charge in [-0.3, -0.25) is 9.59 Å². The molecule has 27 heavy (non-hydrogen) atoms. The molecule has 0 saturated heterocycles. The maximum atomic E-state index is 12.2. The minimum Gasteiger partial charge on any atom is -0.360 e. The molecule has 2 N–H and O–H groups in total. The predicted octanol–water partition coefficient (Wildman–Crippen LogP) is 3.69. The molecule has 6 nitrogen and oxygen atoms in total. The van der Waals surface area contributed by atoms with Gasteiger partial charge in [0, 0.05) is 6.07 Å². The number of carbonyl (C=O) groups is 2. The number of fused-ring (bicyclic) bond motifs is 1. The second-order valence-corrected chi connectivity index (χ2v) is 7.21. The van der Waals surface area contributed by atoms with Crippen LogP contribution in [0.25, 0.3) is 10.8 Å². The van der Waals surface area contributed by atoms with Crippen molar-refractivity contribution < 1.29 is 14.1 Å². The Kier molecular flexibility index (Phi) is 6.13. The molecule has 0 aliphatic rings. The van der Waals surface area contributed by atoms with Gasteiger partial charge in [-0.2, -0.15) is 0 Å². The number of nitrogens with one attached hydrogen (secondary N) is 2. The molecule has 0 aliphatic carbocycles. The summed E-state index contributed by atoms with van der Waals surface area (Å²) in [7, 11) is 0. The van der Waals surface area contributed by atoms with E-state index in [2.05, 4.69) is 34.0 Å². The van der Waals surface area contributed by atoms with Gasteiger partial charge >= 0.3 is 0 Å². The average molecular weight is 383 g/mol. The Morgan fingerprint density at radius 3 is 2.63 bits per heavy atom. The first kappa shape index (κ1) is 19.0. The number of thioether (sulfide) groups is 1. The highest BCUT2D eigenvalue weighted by molar-refractivity contribution is 8.00. The maximum absolute atomic E-state index is 12.2. The molecule has 1 aromatic heterocycles. The van der Waals surface area contributed by atoms with Crippen molar-refractivity contribution in [1.29, 1.82) is 0 Å². The van der Waals surface area contributed by atoms with E-state index >= 15 is 0 Å². The van der Waals surface area contributed by atoms with E-state index in [0.717, 1.165) is 16.3 Å². The van der Waals surface area contributed by atoms with Crippen LogP contribution in [0.1, 0.15) is 24.3 Å². The molecule has 3 aromatic rings. The van der Waals surface area contributed by atoms with Gasteiger partial charge in [-0.1, -0.05) is 47.6 Å². The van der Waals surface area contributed by atoms with Crippen LogP contribution in [0.4, 0.5) is 5.82 Å². The largest absolute Gasteiger partial charge is 0.360 e. The third kappa shape index (κ3) is 5.10. The molecule has 0 bridgehead atoms. The molecular formula is C20H21N3O3S. The van der Waals surface area contributed by atoms with E-state index in [4.69, 9.17) is 4.52 Å². The quantitative estimate of drug-likeness (QED) is 0.650. The predicted molar refractivity (Wildman–Crippen MR) is 108 cm³/mol. The zero-order valence-electron chi connectivity index (χ0n) is 15.2. The van der Waals surface area contributed by atoms with Crippen LogP contribution in [0.2, 0.25) is 0 Å². The Hall–Kier alpha value is -2.80. The van der Waals surface area contributed by atoms with E-state index in [9.17, 15) is 9.59 Å². The van der Waals surface area contributed by atoms with Crippen LogP contribution in [0, 0.1) is 6.92 Å². The monoisotopic (exact) mass is 383 g/mol. The van der Waals surface area contributed by atoms with Crippen LogP contribution < -0.4 is 10.6 Å². The van der Waals surface area contributed by atoms with E-state index < -0.39 is 0 Å². The van der Waals surface area contributed by atoms with Crippen LogP contribution >= 0.6 is 11.8 Å². The van der Waals surface area contributed by atoms with Crippen molar-refractivity contribution in [3.63, 3.8) is 0 Å². The summed E-state index contributed by atoms with van der Waals surface area (Å²) in [6.07, 6.45) is 0. The Morgan fingerprint density at radius 1 is 1.11 bits per heavy atom. The second kappa shape index (κ2) is 8.73. The molecule has 1 heterocycles. The molecule has 0 radical (unpaired) electrons. The molecule has 3 rings (SSSR count). The number of carbonyl (C=O) groups excluding carboxylic acids is 2. The Bertz CT molecular complexity index is 949. The smallest absolute Gasteiger partial charge is 0.235 e. The Morgan fingerprint density at radius 2 is 1.85 bits per heavy atom. The number of anilines is 1. The van der Waals surface area contributed by atoms with E-state index in [0.29, 0.717) is 11.6 Å². The fourth-order valence-corrected chi connectivity index (χ4v) is 3.46. The van der Waals surface area contributed by atoms with Gasteiger partial charge in [0.2, 0.25) is 11.8 Å². The summed E-state index contributed by atoms with van der Waals surface area (Å²) in [5, 5.41) is 11.6. The first-order chi connectivity index (χ1) is 13.0. The number of benzene rings is 2. The topological polar surface area (TPSA) is 84.2 Å². The van der Waals surface area contributed by atoms with Crippen molar-refractivity contribution in [2.45, 2.75) is 19.9 Å². The van der Waals surface area contributed by atoms with Gasteiger partial charge in [-0.05, 0) is 30.2 Å². The zero-order valence-corrected chi connectivity index (χ0v) is 16.0. The van der Waals surface area contributed by atoms with Gasteiger partial charge < -0.3 is 15.2 Å². The molecule has 0 spiro atoms. The minimum absolute atomic E-state index is 0.106. The van der Waals surface area contributed by atoms with Gasteiger partial charge in [0.05, 0.1) is 17.5 Å². The van der Waals surface area contributed by atoms with Crippen molar-refractivity contribution in [2.75, 3.05) is 16.8 Å². The molecular weight excluding hydrogens is 362 g/mol. The number of amides is 2. The van der Waals surface area contributed by atoms with Crippen molar-refractivity contribution >= 4 is 40.2 Å². The lowest BCUT2D eigenvalue weighted by Crippen LogP contribution is -2.29. The number of nitrogens with zero attached hydrogens (tertiary/aromatic N) is 1. The highest BCUT2D eigenvalue weighted by Crippen LogP contribution is 2.24. The molecule has 1 unspecified atom stereocenters. The van der Waals surface area contributed by atoms with Crippen molar-refractivity contribution in [1.82, 2.24) is 10.5 Å². The van der Waals surface area contributed by atoms with Crippen molar-refractivity contribution in [3.8, 4) is 0 Å². The zero-order chi connectivity index (χ0) is 19.2. The van der Waals surface area contributed by atoms with Crippen molar-refractivity contribution in [2.24, 2.45) is 0 Å². The lowest BCUT2D eigenvalue weighted by Gasteiger charge is -2.16. The number of aryl methyl sites for hydroxylation is 1. The van der Waals surface area contributed by atoms with Crippen LogP contribution in [0.5, 0.6) is 0 Å². The fourth-order valence-electron chi connectivity index (χ4n) is 2.83. The molecule has 0 saturated carbocycles. The Labute approximate surface area is 161 Å². The summed E-state index contributed by atoms with van der Waals surface area (Å²) in [5.41, 5.74) is 1.07. The normalized spacial score (nSPS) is 11.9. The average Bonchev–Trinajstić information content (AvgIpc) is 3.05. The molecule has 0 aliphatic heterocycles. The first-order valence-corrected chi connectivity index (χ1v) is 9.76. The summed E-state index contributed by atoms with van der Waals surface area (Å²) in [6, 6.07) is 15.7. The molecule has 140 valence electrons. The van der Waals surface area contributed by atoms with Gasteiger partial charge in [-0.15, -0.1) is 11.8 Å².